The quantitative estimate of drug-likeness (QED) is 0.177. The van der Waals surface area contributed by atoms with Gasteiger partial charge in [0.25, 0.3) is 11.8 Å². The molecule has 3 N–H and O–H groups in total. The van der Waals surface area contributed by atoms with Crippen molar-refractivity contribution in [1.29, 1.82) is 0 Å². The summed E-state index contributed by atoms with van der Waals surface area (Å²) in [4.78, 5) is 34.9. The summed E-state index contributed by atoms with van der Waals surface area (Å²) >= 11 is 0. The van der Waals surface area contributed by atoms with Crippen molar-refractivity contribution in [2.75, 3.05) is 0 Å². The molecule has 0 spiro atoms. The Morgan fingerprint density at radius 3 is 2.55 bits per heavy atom. The number of aromatic nitrogens is 4. The fourth-order valence-electron chi connectivity index (χ4n) is 6.68. The zero-order valence-electron chi connectivity index (χ0n) is 26.8. The van der Waals surface area contributed by atoms with Gasteiger partial charge in [-0.3, -0.25) is 14.3 Å². The molecular weight excluding hydrogens is 685 g/mol. The van der Waals surface area contributed by atoms with E-state index in [0.29, 0.717) is 34.0 Å². The Morgan fingerprint density at radius 1 is 1.14 bits per heavy atom. The Morgan fingerprint density at radius 2 is 1.86 bits per heavy atom. The smallest absolute Gasteiger partial charge is 0.378 e. The van der Waals surface area contributed by atoms with Crippen molar-refractivity contribution in [1.82, 2.24) is 30.4 Å². The fourth-order valence-corrected chi connectivity index (χ4v) is 6.68. The predicted molar refractivity (Wildman–Crippen MR) is 165 cm³/mol. The van der Waals surface area contributed by atoms with Crippen LogP contribution in [0.4, 0.5) is 30.7 Å². The normalized spacial score (nSPS) is 19.0. The van der Waals surface area contributed by atoms with E-state index in [1.54, 1.807) is 18.2 Å². The van der Waals surface area contributed by atoms with Gasteiger partial charge in [0.05, 0.1) is 11.7 Å². The summed E-state index contributed by atoms with van der Waals surface area (Å²) in [6, 6.07) is 6.22. The molecule has 3 aliphatic rings. The SMILES string of the molecule is CC(C)(O)C#Cc1ncc(-c2ccc3c(c2)C(=O)NC3)c([C@H](Cc2cc(F)cc(F)c2)NC(=O)Cn2nc(C(F)(F)F)c3c2C(F)(F)[C@@H]2C[C@H]32)n1. The van der Waals surface area contributed by atoms with Crippen LogP contribution in [0, 0.1) is 29.4 Å². The van der Waals surface area contributed by atoms with Crippen molar-refractivity contribution < 1.29 is 45.4 Å². The van der Waals surface area contributed by atoms with Crippen LogP contribution in [0.1, 0.15) is 82.2 Å². The average Bonchev–Trinajstić information content (AvgIpc) is 3.54. The van der Waals surface area contributed by atoms with Crippen molar-refractivity contribution in [3.8, 4) is 23.0 Å². The molecule has 2 amide bonds. The second kappa shape index (κ2) is 11.9. The van der Waals surface area contributed by atoms with Crippen molar-refractivity contribution >= 4 is 11.8 Å². The van der Waals surface area contributed by atoms with Gasteiger partial charge in [0.15, 0.2) is 5.69 Å². The third-order valence-corrected chi connectivity index (χ3v) is 8.92. The van der Waals surface area contributed by atoms with Crippen molar-refractivity contribution in [3.05, 3.63) is 99.4 Å². The van der Waals surface area contributed by atoms with Gasteiger partial charge in [-0.2, -0.15) is 27.1 Å². The number of amides is 2. The van der Waals surface area contributed by atoms with Crippen LogP contribution in [0.5, 0.6) is 0 Å². The molecule has 2 aliphatic carbocycles. The minimum atomic E-state index is -5.05. The van der Waals surface area contributed by atoms with E-state index in [1.165, 1.54) is 20.0 Å². The highest BCUT2D eigenvalue weighted by molar-refractivity contribution is 5.99. The lowest BCUT2D eigenvalue weighted by Crippen LogP contribution is -2.35. The van der Waals surface area contributed by atoms with Crippen LogP contribution in [-0.4, -0.2) is 42.3 Å². The van der Waals surface area contributed by atoms with Crippen LogP contribution in [-0.2, 0) is 36.4 Å². The number of aliphatic hydroxyl groups is 1. The van der Waals surface area contributed by atoms with E-state index in [-0.39, 0.29) is 41.4 Å². The van der Waals surface area contributed by atoms with E-state index in [2.05, 4.69) is 37.5 Å². The zero-order chi connectivity index (χ0) is 36.6. The van der Waals surface area contributed by atoms with Crippen LogP contribution in [0.3, 0.4) is 0 Å². The Balaban J connectivity index is 1.32. The first-order valence-corrected chi connectivity index (χ1v) is 15.7. The number of hydrogen-bond donors (Lipinski definition) is 3. The number of halogens is 7. The van der Waals surface area contributed by atoms with E-state index < -0.39 is 76.6 Å². The number of rotatable bonds is 7. The molecule has 0 bridgehead atoms. The van der Waals surface area contributed by atoms with E-state index in [0.717, 1.165) is 12.1 Å². The molecule has 2 aromatic carbocycles. The maximum absolute atomic E-state index is 15.2. The average molecular weight is 713 g/mol. The molecule has 51 heavy (non-hydrogen) atoms. The molecule has 2 aromatic heterocycles. The Labute approximate surface area is 285 Å². The first kappa shape index (κ1) is 34.2. The number of carbonyl (C=O) groups excluding carboxylic acids is 2. The highest BCUT2D eigenvalue weighted by Crippen LogP contribution is 2.68. The number of carbonyl (C=O) groups is 2. The maximum atomic E-state index is 15.2. The van der Waals surface area contributed by atoms with E-state index in [9.17, 15) is 36.6 Å². The molecule has 3 atom stereocenters. The number of nitrogens with zero attached hydrogens (tertiary/aromatic N) is 4. The lowest BCUT2D eigenvalue weighted by Gasteiger charge is -2.22. The van der Waals surface area contributed by atoms with Crippen LogP contribution in [0.25, 0.3) is 11.1 Å². The lowest BCUT2D eigenvalue weighted by molar-refractivity contribution is -0.142. The van der Waals surface area contributed by atoms with Crippen molar-refractivity contribution in [2.45, 2.75) is 69.4 Å². The number of alkyl halides is 5. The minimum Gasteiger partial charge on any atom is -0.378 e. The van der Waals surface area contributed by atoms with Crippen molar-refractivity contribution in [2.24, 2.45) is 5.92 Å². The lowest BCUT2D eigenvalue weighted by atomic mass is 9.94. The number of benzene rings is 2. The van der Waals surface area contributed by atoms with Gasteiger partial charge < -0.3 is 15.7 Å². The summed E-state index contributed by atoms with van der Waals surface area (Å²) in [5.41, 5.74) is -2.81. The van der Waals surface area contributed by atoms with E-state index >= 15 is 8.78 Å². The van der Waals surface area contributed by atoms with Gasteiger partial charge in [0.1, 0.15) is 29.5 Å². The van der Waals surface area contributed by atoms with Crippen LogP contribution in [0.15, 0.2) is 42.6 Å². The standard InChI is InChI=1S/C35H27F7N6O3/c1-33(2,51)6-5-26-43-14-23(17-3-4-18-13-44-32(50)21(18)10-17)29(46-26)25(9-16-7-19(36)11-20(37)8-16)45-27(49)15-48-31-28(30(47-48)35(40,41)42)22-12-24(22)34(31,38)39/h3-4,7-8,10-11,14,22,24-25,51H,9,12-13,15H2,1-2H3,(H,44,50)(H,45,49)/t22-,24+,25-/m0/s1. The van der Waals surface area contributed by atoms with Crippen molar-refractivity contribution in [3.63, 3.8) is 0 Å². The third kappa shape index (κ3) is 6.53. The molecule has 3 heterocycles. The maximum Gasteiger partial charge on any atom is 0.435 e. The van der Waals surface area contributed by atoms with E-state index in [4.69, 9.17) is 0 Å². The largest absolute Gasteiger partial charge is 0.435 e. The number of hydrogen-bond acceptors (Lipinski definition) is 6. The topological polar surface area (TPSA) is 122 Å². The third-order valence-electron chi connectivity index (χ3n) is 8.92. The number of nitrogens with one attached hydrogen (secondary N) is 2. The molecule has 1 fully saturated rings. The summed E-state index contributed by atoms with van der Waals surface area (Å²) in [6.45, 7) is 2.07. The van der Waals surface area contributed by atoms with Gasteiger partial charge in [-0.25, -0.2) is 18.7 Å². The fraction of sp³-hybridized carbons (Fsp3) is 0.343. The van der Waals surface area contributed by atoms with Gasteiger partial charge in [0, 0.05) is 41.4 Å². The van der Waals surface area contributed by atoms with Gasteiger partial charge in [0.2, 0.25) is 11.7 Å². The monoisotopic (exact) mass is 712 g/mol. The second-order valence-corrected chi connectivity index (χ2v) is 13.3. The zero-order valence-corrected chi connectivity index (χ0v) is 26.8. The second-order valence-electron chi connectivity index (χ2n) is 13.3. The first-order chi connectivity index (χ1) is 23.9. The van der Waals surface area contributed by atoms with Gasteiger partial charge in [-0.1, -0.05) is 18.1 Å². The Hall–Kier alpha value is -5.30. The molecule has 0 unspecified atom stereocenters. The molecule has 264 valence electrons. The first-order valence-electron chi connectivity index (χ1n) is 15.7. The molecule has 4 aromatic rings. The van der Waals surface area contributed by atoms with Crippen LogP contribution >= 0.6 is 0 Å². The van der Waals surface area contributed by atoms with Gasteiger partial charge in [-0.15, -0.1) is 0 Å². The minimum absolute atomic E-state index is 0.00895. The molecule has 7 rings (SSSR count). The summed E-state index contributed by atoms with van der Waals surface area (Å²) in [6.07, 6.45) is -4.20. The van der Waals surface area contributed by atoms with Crippen LogP contribution in [0.2, 0.25) is 0 Å². The molecule has 1 aliphatic heterocycles. The van der Waals surface area contributed by atoms with Gasteiger partial charge >= 0.3 is 6.18 Å². The van der Waals surface area contributed by atoms with Gasteiger partial charge in [-0.05, 0) is 73.4 Å². The molecule has 16 heteroatoms. The van der Waals surface area contributed by atoms with Crippen LogP contribution < -0.4 is 10.6 Å². The summed E-state index contributed by atoms with van der Waals surface area (Å²) in [5.74, 6) is -4.24. The molecule has 0 radical (unpaired) electrons. The highest BCUT2D eigenvalue weighted by Gasteiger charge is 2.68. The highest BCUT2D eigenvalue weighted by atomic mass is 19.4. The molecular formula is C35H27F7N6O3. The number of fused-ring (bicyclic) bond motifs is 4. The van der Waals surface area contributed by atoms with E-state index in [1.807, 2.05) is 0 Å². The summed E-state index contributed by atoms with van der Waals surface area (Å²) in [5, 5.41) is 18.9. The predicted octanol–water partition coefficient (Wildman–Crippen LogP) is 5.31. The molecule has 0 saturated heterocycles. The summed E-state index contributed by atoms with van der Waals surface area (Å²) in [7, 11) is 0. The summed E-state index contributed by atoms with van der Waals surface area (Å²) < 4.78 is 101. The molecule has 9 nitrogen and oxygen atoms in total. The Bertz CT molecular complexity index is 2160. The molecule has 1 saturated carbocycles. The Kier molecular flexibility index (Phi) is 7.97.